The van der Waals surface area contributed by atoms with Gasteiger partial charge in [-0.05, 0) is 63.9 Å². The van der Waals surface area contributed by atoms with Gasteiger partial charge in [-0.1, -0.05) is 30.3 Å². The largest absolute Gasteiger partial charge is 0.464 e. The van der Waals surface area contributed by atoms with Crippen LogP contribution in [-0.4, -0.2) is 60.8 Å². The van der Waals surface area contributed by atoms with Crippen LogP contribution in [0.1, 0.15) is 62.3 Å². The van der Waals surface area contributed by atoms with Crippen molar-refractivity contribution in [1.29, 1.82) is 0 Å². The summed E-state index contributed by atoms with van der Waals surface area (Å²) < 4.78 is 5.19. The molecule has 2 aromatic rings. The van der Waals surface area contributed by atoms with E-state index >= 15 is 0 Å². The average molecular weight is 509 g/mol. The Labute approximate surface area is 219 Å². The van der Waals surface area contributed by atoms with Gasteiger partial charge in [0.25, 0.3) is 0 Å². The number of carbonyl (C=O) groups excluding carboxylic acids is 2. The van der Waals surface area contributed by atoms with E-state index in [9.17, 15) is 9.59 Å². The normalized spacial score (nSPS) is 19.8. The van der Waals surface area contributed by atoms with Gasteiger partial charge in [0.2, 0.25) is 5.95 Å². The number of nitrogens with one attached hydrogen (secondary N) is 3. The van der Waals surface area contributed by atoms with Crippen molar-refractivity contribution in [3.05, 3.63) is 47.2 Å². The lowest BCUT2D eigenvalue weighted by molar-refractivity contribution is -0.145. The first-order chi connectivity index (χ1) is 17.9. The number of aromatic nitrogens is 2. The Bertz CT molecular complexity index is 1050. The number of ether oxygens (including phenoxy) is 1. The molecule has 2 amide bonds. The quantitative estimate of drug-likeness (QED) is 0.444. The molecule has 37 heavy (non-hydrogen) atoms. The maximum Gasteiger partial charge on any atom is 0.329 e. The molecule has 1 aromatic carbocycles. The SMILES string of the molecule is CCOC(=O)[C@H](Cc1ccccc1)NC(=O)NC1CCC(Nc2nc3c(c(N(C)C)n2)CCCC3)CC1. The first-order valence-electron chi connectivity index (χ1n) is 13.5. The van der Waals surface area contributed by atoms with Crippen molar-refractivity contribution >= 4 is 23.8 Å². The molecule has 0 aliphatic heterocycles. The van der Waals surface area contributed by atoms with E-state index in [0.717, 1.165) is 49.9 Å². The van der Waals surface area contributed by atoms with Gasteiger partial charge < -0.3 is 25.6 Å². The number of amides is 2. The number of anilines is 2. The molecule has 0 unspecified atom stereocenters. The summed E-state index contributed by atoms with van der Waals surface area (Å²) in [5.41, 5.74) is 3.43. The van der Waals surface area contributed by atoms with Crippen LogP contribution in [0, 0.1) is 0 Å². The van der Waals surface area contributed by atoms with Crippen LogP contribution < -0.4 is 20.9 Å². The van der Waals surface area contributed by atoms with Crippen molar-refractivity contribution < 1.29 is 14.3 Å². The maximum absolute atomic E-state index is 12.8. The molecule has 0 bridgehead atoms. The van der Waals surface area contributed by atoms with Gasteiger partial charge in [-0.25, -0.2) is 14.6 Å². The molecular weight excluding hydrogens is 468 g/mol. The van der Waals surface area contributed by atoms with Crippen molar-refractivity contribution in [1.82, 2.24) is 20.6 Å². The smallest absolute Gasteiger partial charge is 0.329 e. The van der Waals surface area contributed by atoms with Crippen molar-refractivity contribution in [2.24, 2.45) is 0 Å². The summed E-state index contributed by atoms with van der Waals surface area (Å²) in [7, 11) is 4.07. The predicted octanol–water partition coefficient (Wildman–Crippen LogP) is 3.62. The number of carbonyl (C=O) groups is 2. The van der Waals surface area contributed by atoms with Crippen LogP contribution in [0.25, 0.3) is 0 Å². The summed E-state index contributed by atoms with van der Waals surface area (Å²) >= 11 is 0. The van der Waals surface area contributed by atoms with Crippen molar-refractivity contribution in [3.8, 4) is 0 Å². The van der Waals surface area contributed by atoms with Gasteiger partial charge in [-0.3, -0.25) is 0 Å². The Morgan fingerprint density at radius 2 is 1.73 bits per heavy atom. The van der Waals surface area contributed by atoms with Gasteiger partial charge in [0.05, 0.1) is 12.3 Å². The summed E-state index contributed by atoms with van der Waals surface area (Å²) in [6, 6.07) is 8.89. The zero-order valence-corrected chi connectivity index (χ0v) is 22.3. The minimum atomic E-state index is -0.729. The second-order valence-electron chi connectivity index (χ2n) is 10.2. The number of rotatable bonds is 9. The lowest BCUT2D eigenvalue weighted by Crippen LogP contribution is -2.51. The number of hydrogen-bond acceptors (Lipinski definition) is 7. The van der Waals surface area contributed by atoms with Gasteiger partial charge in [-0.2, -0.15) is 4.98 Å². The fraction of sp³-hybridized carbons (Fsp3) is 0.571. The monoisotopic (exact) mass is 508 g/mol. The van der Waals surface area contributed by atoms with E-state index in [1.807, 2.05) is 44.4 Å². The number of fused-ring (bicyclic) bond motifs is 1. The summed E-state index contributed by atoms with van der Waals surface area (Å²) in [5, 5.41) is 9.44. The first-order valence-corrected chi connectivity index (χ1v) is 13.5. The standard InChI is InChI=1S/C28H40N6O3/c1-4-37-26(35)24(18-19-10-6-5-7-11-19)32-28(36)30-21-16-14-20(15-17-21)29-27-31-23-13-9-8-12-22(23)25(33-27)34(2)3/h5-7,10-11,20-21,24H,4,8-9,12-18H2,1-3H3,(H,29,31,33)(H2,30,32,36)/t20?,21?,24-/m0/s1. The summed E-state index contributed by atoms with van der Waals surface area (Å²) in [6.45, 7) is 2.04. The van der Waals surface area contributed by atoms with E-state index in [4.69, 9.17) is 14.7 Å². The maximum atomic E-state index is 12.8. The number of aryl methyl sites for hydroxylation is 1. The Balaban J connectivity index is 1.29. The van der Waals surface area contributed by atoms with Gasteiger partial charge in [0.15, 0.2) is 0 Å². The van der Waals surface area contributed by atoms with E-state index < -0.39 is 12.0 Å². The fourth-order valence-electron chi connectivity index (χ4n) is 5.24. The lowest BCUT2D eigenvalue weighted by atomic mass is 9.91. The molecule has 0 spiro atoms. The van der Waals surface area contributed by atoms with E-state index in [1.54, 1.807) is 6.92 Å². The Kier molecular flexibility index (Phi) is 9.19. The third-order valence-corrected chi connectivity index (χ3v) is 7.14. The zero-order valence-electron chi connectivity index (χ0n) is 22.3. The third-order valence-electron chi connectivity index (χ3n) is 7.14. The summed E-state index contributed by atoms with van der Waals surface area (Å²) in [6.07, 6.45) is 8.33. The van der Waals surface area contributed by atoms with Crippen LogP contribution in [0.5, 0.6) is 0 Å². The number of esters is 1. The molecule has 1 saturated carbocycles. The van der Waals surface area contributed by atoms with E-state index in [1.165, 1.54) is 24.1 Å². The predicted molar refractivity (Wildman–Crippen MR) is 145 cm³/mol. The van der Waals surface area contributed by atoms with E-state index in [0.29, 0.717) is 12.4 Å². The molecule has 200 valence electrons. The molecule has 1 aromatic heterocycles. The van der Waals surface area contributed by atoms with Crippen LogP contribution in [0.3, 0.4) is 0 Å². The van der Waals surface area contributed by atoms with Gasteiger partial charge >= 0.3 is 12.0 Å². The second kappa shape index (κ2) is 12.7. The highest BCUT2D eigenvalue weighted by Gasteiger charge is 2.27. The van der Waals surface area contributed by atoms with Gasteiger partial charge in [-0.15, -0.1) is 0 Å². The molecule has 2 aliphatic rings. The van der Waals surface area contributed by atoms with Crippen LogP contribution >= 0.6 is 0 Å². The molecule has 9 nitrogen and oxygen atoms in total. The van der Waals surface area contributed by atoms with Crippen LogP contribution in [-0.2, 0) is 28.8 Å². The number of nitrogens with zero attached hydrogens (tertiary/aromatic N) is 3. The summed E-state index contributed by atoms with van der Waals surface area (Å²) in [4.78, 5) is 37.0. The van der Waals surface area contributed by atoms with Crippen molar-refractivity contribution in [2.45, 2.75) is 82.8 Å². The summed E-state index contributed by atoms with van der Waals surface area (Å²) in [5.74, 6) is 1.30. The van der Waals surface area contributed by atoms with Crippen LogP contribution in [0.2, 0.25) is 0 Å². The highest BCUT2D eigenvalue weighted by molar-refractivity contribution is 5.84. The zero-order chi connectivity index (χ0) is 26.2. The van der Waals surface area contributed by atoms with Gasteiger partial charge in [0.1, 0.15) is 11.9 Å². The van der Waals surface area contributed by atoms with Crippen molar-refractivity contribution in [2.75, 3.05) is 30.9 Å². The molecule has 3 N–H and O–H groups in total. The molecule has 9 heteroatoms. The van der Waals surface area contributed by atoms with Gasteiger partial charge in [0, 0.05) is 38.2 Å². The molecule has 1 fully saturated rings. The fourth-order valence-corrected chi connectivity index (χ4v) is 5.24. The number of urea groups is 1. The molecule has 4 rings (SSSR count). The molecule has 0 saturated heterocycles. The molecule has 1 heterocycles. The Morgan fingerprint density at radius 1 is 1.03 bits per heavy atom. The minimum absolute atomic E-state index is 0.0550. The lowest BCUT2D eigenvalue weighted by Gasteiger charge is -2.31. The highest BCUT2D eigenvalue weighted by atomic mass is 16.5. The van der Waals surface area contributed by atoms with Crippen molar-refractivity contribution in [3.63, 3.8) is 0 Å². The van der Waals surface area contributed by atoms with Crippen LogP contribution in [0.15, 0.2) is 30.3 Å². The highest BCUT2D eigenvalue weighted by Crippen LogP contribution is 2.29. The number of hydrogen-bond donors (Lipinski definition) is 3. The third kappa shape index (κ3) is 7.33. The topological polar surface area (TPSA) is 108 Å². The minimum Gasteiger partial charge on any atom is -0.464 e. The molecule has 1 atom stereocenters. The second-order valence-corrected chi connectivity index (χ2v) is 10.2. The Morgan fingerprint density at radius 3 is 2.43 bits per heavy atom. The number of benzene rings is 1. The molecule has 0 radical (unpaired) electrons. The first kappa shape index (κ1) is 26.7. The molecule has 2 aliphatic carbocycles. The molecular formula is C28H40N6O3. The van der Waals surface area contributed by atoms with E-state index in [2.05, 4.69) is 20.9 Å². The van der Waals surface area contributed by atoms with Crippen LogP contribution in [0.4, 0.5) is 16.6 Å². The van der Waals surface area contributed by atoms with E-state index in [-0.39, 0.29) is 24.7 Å². The Hall–Kier alpha value is -3.36. The average Bonchev–Trinajstić information content (AvgIpc) is 2.89.